The summed E-state index contributed by atoms with van der Waals surface area (Å²) < 4.78 is 5.40. The van der Waals surface area contributed by atoms with E-state index in [0.717, 1.165) is 28.9 Å². The van der Waals surface area contributed by atoms with E-state index >= 15 is 0 Å². The monoisotopic (exact) mass is 204 g/mol. The Morgan fingerprint density at radius 3 is 2.87 bits per heavy atom. The summed E-state index contributed by atoms with van der Waals surface area (Å²) >= 11 is 0. The Hall–Kier alpha value is -1.44. The van der Waals surface area contributed by atoms with Crippen LogP contribution in [0.3, 0.4) is 0 Å². The van der Waals surface area contributed by atoms with Crippen molar-refractivity contribution in [3.63, 3.8) is 0 Å². The smallest absolute Gasteiger partial charge is 0.125 e. The molecule has 15 heavy (non-hydrogen) atoms. The van der Waals surface area contributed by atoms with E-state index in [-0.39, 0.29) is 5.92 Å². The molecule has 1 atom stereocenters. The molecule has 1 N–H and O–H groups in total. The molecule has 1 aromatic carbocycles. The number of aromatic hydroxyl groups is 1. The number of phenolic OH excluding ortho intramolecular Hbond substituents is 1. The molecule has 1 unspecified atom stereocenters. The van der Waals surface area contributed by atoms with Crippen molar-refractivity contribution < 1.29 is 9.84 Å². The molecule has 0 bridgehead atoms. The van der Waals surface area contributed by atoms with Gasteiger partial charge in [-0.05, 0) is 25.0 Å². The van der Waals surface area contributed by atoms with Crippen molar-refractivity contribution in [1.29, 1.82) is 0 Å². The summed E-state index contributed by atoms with van der Waals surface area (Å²) in [5.74, 6) is 1.57. The molecule has 1 aliphatic rings. The van der Waals surface area contributed by atoms with Gasteiger partial charge in [-0.25, -0.2) is 0 Å². The van der Waals surface area contributed by atoms with E-state index in [4.69, 9.17) is 4.74 Å². The fraction of sp³-hybridized carbons (Fsp3) is 0.385. The molecule has 0 aliphatic heterocycles. The van der Waals surface area contributed by atoms with Crippen LogP contribution in [0.15, 0.2) is 18.2 Å². The van der Waals surface area contributed by atoms with Gasteiger partial charge < -0.3 is 9.84 Å². The molecule has 1 aromatic rings. The molecule has 80 valence electrons. The normalized spacial score (nSPS) is 18.7. The Balaban J connectivity index is 2.68. The lowest BCUT2D eigenvalue weighted by Crippen LogP contribution is -2.06. The second-order valence-electron chi connectivity index (χ2n) is 4.06. The summed E-state index contributed by atoms with van der Waals surface area (Å²) in [6.07, 6.45) is 5.10. The third-order valence-corrected chi connectivity index (χ3v) is 2.99. The van der Waals surface area contributed by atoms with Gasteiger partial charge in [-0.2, -0.15) is 0 Å². The van der Waals surface area contributed by atoms with Crippen molar-refractivity contribution in [3.05, 3.63) is 34.9 Å². The molecule has 0 radical (unpaired) electrons. The van der Waals surface area contributed by atoms with Gasteiger partial charge in [0.15, 0.2) is 0 Å². The van der Waals surface area contributed by atoms with Crippen molar-refractivity contribution in [2.75, 3.05) is 7.11 Å². The number of hydrogen-bond donors (Lipinski definition) is 1. The number of aryl methyl sites for hydroxylation is 1. The van der Waals surface area contributed by atoms with Crippen molar-refractivity contribution in [1.82, 2.24) is 0 Å². The summed E-state index contributed by atoms with van der Waals surface area (Å²) in [5, 5.41) is 9.94. The van der Waals surface area contributed by atoms with Crippen molar-refractivity contribution in [3.8, 4) is 11.5 Å². The number of ether oxygens (including phenoxy) is 1. The Morgan fingerprint density at radius 2 is 2.20 bits per heavy atom. The molecule has 0 aromatic heterocycles. The Bertz CT molecular complexity index is 419. The second-order valence-corrected chi connectivity index (χ2v) is 4.06. The van der Waals surface area contributed by atoms with E-state index < -0.39 is 0 Å². The molecule has 2 nitrogen and oxygen atoms in total. The molecular weight excluding hydrogens is 188 g/mol. The first-order valence-corrected chi connectivity index (χ1v) is 5.21. The van der Waals surface area contributed by atoms with Gasteiger partial charge in [0.2, 0.25) is 0 Å². The number of methoxy groups -OCH3 is 1. The van der Waals surface area contributed by atoms with Gasteiger partial charge in [0.05, 0.1) is 7.11 Å². The summed E-state index contributed by atoms with van der Waals surface area (Å²) in [7, 11) is 1.68. The van der Waals surface area contributed by atoms with Crippen LogP contribution in [0.1, 0.15) is 29.5 Å². The number of allylic oxidation sites excluding steroid dienone is 2. The molecule has 0 saturated carbocycles. The van der Waals surface area contributed by atoms with Crippen LogP contribution < -0.4 is 4.74 Å². The van der Waals surface area contributed by atoms with Crippen molar-refractivity contribution in [2.45, 2.75) is 26.2 Å². The second kappa shape index (κ2) is 3.61. The summed E-state index contributed by atoms with van der Waals surface area (Å²) in [5.41, 5.74) is 3.14. The van der Waals surface area contributed by atoms with E-state index in [1.165, 1.54) is 0 Å². The van der Waals surface area contributed by atoms with Gasteiger partial charge in [0, 0.05) is 17.0 Å². The highest BCUT2D eigenvalue weighted by atomic mass is 16.5. The van der Waals surface area contributed by atoms with Crippen molar-refractivity contribution >= 4 is 0 Å². The zero-order valence-corrected chi connectivity index (χ0v) is 9.37. The van der Waals surface area contributed by atoms with Crippen LogP contribution in [0.25, 0.3) is 0 Å². The quantitative estimate of drug-likeness (QED) is 0.713. The third kappa shape index (κ3) is 1.50. The topological polar surface area (TPSA) is 29.5 Å². The van der Waals surface area contributed by atoms with Gasteiger partial charge in [-0.3, -0.25) is 0 Å². The standard InChI is InChI=1S/C13H16O2/c1-8-5-4-6-10-12(8)11(14)7-9(2)13(10)15-3/h4-5,7-8,14H,6H2,1-3H3. The van der Waals surface area contributed by atoms with Crippen LogP contribution in [0.5, 0.6) is 11.5 Å². The lowest BCUT2D eigenvalue weighted by molar-refractivity contribution is 0.401. The van der Waals surface area contributed by atoms with Crippen LogP contribution in [0.2, 0.25) is 0 Å². The maximum absolute atomic E-state index is 9.94. The molecule has 0 saturated heterocycles. The summed E-state index contributed by atoms with van der Waals surface area (Å²) in [6, 6.07) is 1.79. The molecule has 2 rings (SSSR count). The zero-order chi connectivity index (χ0) is 11.0. The minimum atomic E-state index is 0.267. The number of fused-ring (bicyclic) bond motifs is 1. The number of rotatable bonds is 1. The SMILES string of the molecule is COc1c(C)cc(O)c2c1CC=CC2C. The van der Waals surface area contributed by atoms with Crippen LogP contribution in [-0.2, 0) is 6.42 Å². The molecule has 0 spiro atoms. The molecule has 2 heteroatoms. The highest BCUT2D eigenvalue weighted by molar-refractivity contribution is 5.57. The van der Waals surface area contributed by atoms with Gasteiger partial charge in [0.1, 0.15) is 11.5 Å². The number of phenols is 1. The first kappa shape index (κ1) is 10.1. The van der Waals surface area contributed by atoms with Gasteiger partial charge in [-0.15, -0.1) is 0 Å². The lowest BCUT2D eigenvalue weighted by atomic mass is 9.86. The lowest BCUT2D eigenvalue weighted by Gasteiger charge is -2.22. The van der Waals surface area contributed by atoms with E-state index in [9.17, 15) is 5.11 Å². The predicted molar refractivity (Wildman–Crippen MR) is 60.7 cm³/mol. The maximum Gasteiger partial charge on any atom is 0.125 e. The fourth-order valence-electron chi connectivity index (χ4n) is 2.34. The van der Waals surface area contributed by atoms with Crippen molar-refractivity contribution in [2.24, 2.45) is 0 Å². The number of benzene rings is 1. The Kier molecular flexibility index (Phi) is 2.43. The minimum Gasteiger partial charge on any atom is -0.508 e. The molecule has 0 fully saturated rings. The maximum atomic E-state index is 9.94. The molecule has 0 heterocycles. The van der Waals surface area contributed by atoms with Gasteiger partial charge in [-0.1, -0.05) is 19.1 Å². The predicted octanol–water partition coefficient (Wildman–Crippen LogP) is 2.93. The van der Waals surface area contributed by atoms with Crippen LogP contribution in [0, 0.1) is 6.92 Å². The fourth-order valence-corrected chi connectivity index (χ4v) is 2.34. The van der Waals surface area contributed by atoms with Crippen LogP contribution in [-0.4, -0.2) is 12.2 Å². The highest BCUT2D eigenvalue weighted by Gasteiger charge is 2.21. The van der Waals surface area contributed by atoms with Crippen LogP contribution in [0.4, 0.5) is 0 Å². The first-order chi connectivity index (χ1) is 7.15. The zero-order valence-electron chi connectivity index (χ0n) is 9.37. The van der Waals surface area contributed by atoms with E-state index in [1.54, 1.807) is 13.2 Å². The van der Waals surface area contributed by atoms with Crippen LogP contribution >= 0.6 is 0 Å². The highest BCUT2D eigenvalue weighted by Crippen LogP contribution is 2.40. The first-order valence-electron chi connectivity index (χ1n) is 5.21. The minimum absolute atomic E-state index is 0.267. The van der Waals surface area contributed by atoms with E-state index in [2.05, 4.69) is 19.1 Å². The van der Waals surface area contributed by atoms with E-state index in [1.807, 2.05) is 6.92 Å². The largest absolute Gasteiger partial charge is 0.508 e. The Labute approximate surface area is 90.2 Å². The summed E-state index contributed by atoms with van der Waals surface area (Å²) in [6.45, 7) is 4.05. The molecule has 0 amide bonds. The van der Waals surface area contributed by atoms with E-state index in [0.29, 0.717) is 5.75 Å². The Morgan fingerprint density at radius 1 is 1.47 bits per heavy atom. The number of hydrogen-bond acceptors (Lipinski definition) is 2. The molecular formula is C13H16O2. The van der Waals surface area contributed by atoms with Gasteiger partial charge >= 0.3 is 0 Å². The van der Waals surface area contributed by atoms with Gasteiger partial charge in [0.25, 0.3) is 0 Å². The molecule has 1 aliphatic carbocycles. The summed E-state index contributed by atoms with van der Waals surface area (Å²) in [4.78, 5) is 0. The average Bonchev–Trinajstić information content (AvgIpc) is 2.17. The third-order valence-electron chi connectivity index (χ3n) is 2.99. The average molecular weight is 204 g/mol.